The summed E-state index contributed by atoms with van der Waals surface area (Å²) in [6.07, 6.45) is 4.88. The van der Waals surface area contributed by atoms with Crippen molar-refractivity contribution in [2.75, 3.05) is 6.54 Å². The minimum Gasteiger partial charge on any atom is -0.389 e. The Morgan fingerprint density at radius 1 is 1.33 bits per heavy atom. The molecule has 1 aromatic heterocycles. The summed E-state index contributed by atoms with van der Waals surface area (Å²) in [5.74, 6) is -0.0701. The van der Waals surface area contributed by atoms with Gasteiger partial charge in [-0.15, -0.1) is 11.3 Å². The quantitative estimate of drug-likeness (QED) is 0.873. The summed E-state index contributed by atoms with van der Waals surface area (Å²) in [7, 11) is 0. The molecule has 4 nitrogen and oxygen atoms in total. The van der Waals surface area contributed by atoms with Crippen LogP contribution in [0.4, 0.5) is 0 Å². The number of nitrogens with zero attached hydrogens (tertiary/aromatic N) is 1. The first-order chi connectivity index (χ1) is 11.5. The van der Waals surface area contributed by atoms with E-state index in [1.54, 1.807) is 11.3 Å². The highest BCUT2D eigenvalue weighted by Crippen LogP contribution is 2.60. The van der Waals surface area contributed by atoms with Gasteiger partial charge in [0.15, 0.2) is 0 Å². The molecule has 1 heterocycles. The molecule has 4 rings (SSSR count). The van der Waals surface area contributed by atoms with E-state index in [-0.39, 0.29) is 11.3 Å². The fraction of sp³-hybridized carbons (Fsp3) is 0.474. The number of aryl methyl sites for hydroxylation is 1. The van der Waals surface area contributed by atoms with Crippen molar-refractivity contribution in [3.05, 3.63) is 40.9 Å². The van der Waals surface area contributed by atoms with E-state index in [0.717, 1.165) is 48.4 Å². The van der Waals surface area contributed by atoms with Gasteiger partial charge in [-0.3, -0.25) is 4.79 Å². The Bertz CT molecular complexity index is 775. The van der Waals surface area contributed by atoms with Gasteiger partial charge in [-0.1, -0.05) is 12.1 Å². The van der Waals surface area contributed by atoms with Crippen LogP contribution in [-0.2, 0) is 0 Å². The number of aromatic nitrogens is 1. The zero-order valence-electron chi connectivity index (χ0n) is 13.8. The van der Waals surface area contributed by atoms with E-state index in [1.165, 1.54) is 0 Å². The van der Waals surface area contributed by atoms with E-state index in [9.17, 15) is 9.90 Å². The van der Waals surface area contributed by atoms with Crippen LogP contribution in [-0.4, -0.2) is 28.1 Å². The third-order valence-corrected chi connectivity index (χ3v) is 6.61. The Kier molecular flexibility index (Phi) is 3.73. The molecule has 2 aliphatic carbocycles. The molecule has 2 fully saturated rings. The number of hydrogen-bond donors (Lipinski definition) is 2. The number of benzene rings is 1. The maximum atomic E-state index is 12.5. The Balaban J connectivity index is 1.45. The fourth-order valence-corrected chi connectivity index (χ4v) is 4.43. The summed E-state index contributed by atoms with van der Waals surface area (Å²) in [6, 6.07) is 7.60. The van der Waals surface area contributed by atoms with Crippen LogP contribution in [0.15, 0.2) is 29.6 Å². The van der Waals surface area contributed by atoms with Crippen LogP contribution in [0.3, 0.4) is 0 Å². The molecule has 5 heteroatoms. The van der Waals surface area contributed by atoms with Gasteiger partial charge in [0.05, 0.1) is 5.60 Å². The second-order valence-corrected chi connectivity index (χ2v) is 8.08. The van der Waals surface area contributed by atoms with Gasteiger partial charge in [-0.05, 0) is 51.2 Å². The van der Waals surface area contributed by atoms with Crippen molar-refractivity contribution < 1.29 is 9.90 Å². The largest absolute Gasteiger partial charge is 0.389 e. The zero-order chi connectivity index (χ0) is 16.8. The van der Waals surface area contributed by atoms with Crippen LogP contribution in [0.1, 0.15) is 48.2 Å². The maximum Gasteiger partial charge on any atom is 0.251 e. The van der Waals surface area contributed by atoms with Crippen molar-refractivity contribution in [3.8, 4) is 10.6 Å². The molecule has 2 aliphatic rings. The van der Waals surface area contributed by atoms with Crippen molar-refractivity contribution >= 4 is 17.2 Å². The highest BCUT2D eigenvalue weighted by Gasteiger charge is 2.60. The van der Waals surface area contributed by atoms with Crippen LogP contribution >= 0.6 is 11.3 Å². The van der Waals surface area contributed by atoms with Gasteiger partial charge in [0.25, 0.3) is 5.91 Å². The predicted molar refractivity (Wildman–Crippen MR) is 95.1 cm³/mol. The van der Waals surface area contributed by atoms with Crippen molar-refractivity contribution in [2.45, 2.75) is 44.6 Å². The van der Waals surface area contributed by atoms with Crippen molar-refractivity contribution in [1.82, 2.24) is 10.3 Å². The van der Waals surface area contributed by atoms with Gasteiger partial charge >= 0.3 is 0 Å². The standard InChI is InChI=1S/C19H22N2O2S/c1-13-11-24-17(21-13)15-5-2-4-14(10-15)16(22)20-12-18(8-9-18)19(23)6-3-7-19/h2,4-5,10-11,23H,3,6-9,12H2,1H3,(H,20,22). The highest BCUT2D eigenvalue weighted by molar-refractivity contribution is 7.13. The SMILES string of the molecule is Cc1csc(-c2cccc(C(=O)NCC3(C4(O)CCC4)CC3)c2)n1. The van der Waals surface area contributed by atoms with E-state index >= 15 is 0 Å². The number of aliphatic hydroxyl groups is 1. The van der Waals surface area contributed by atoms with Crippen LogP contribution < -0.4 is 5.32 Å². The average molecular weight is 342 g/mol. The van der Waals surface area contributed by atoms with Gasteiger partial charge in [0, 0.05) is 34.2 Å². The molecule has 2 saturated carbocycles. The summed E-state index contributed by atoms with van der Waals surface area (Å²) >= 11 is 1.59. The zero-order valence-corrected chi connectivity index (χ0v) is 14.7. The monoisotopic (exact) mass is 342 g/mol. The average Bonchev–Trinajstić information content (AvgIpc) is 3.24. The Hall–Kier alpha value is -1.72. The Morgan fingerprint density at radius 2 is 2.12 bits per heavy atom. The molecule has 0 bridgehead atoms. The number of hydrogen-bond acceptors (Lipinski definition) is 4. The molecular formula is C19H22N2O2S. The van der Waals surface area contributed by atoms with Gasteiger partial charge in [-0.25, -0.2) is 4.98 Å². The van der Waals surface area contributed by atoms with Gasteiger partial charge < -0.3 is 10.4 Å². The molecule has 2 aromatic rings. The fourth-order valence-electron chi connectivity index (χ4n) is 3.63. The molecule has 126 valence electrons. The van der Waals surface area contributed by atoms with Crippen LogP contribution in [0.25, 0.3) is 10.6 Å². The summed E-state index contributed by atoms with van der Waals surface area (Å²) in [5.41, 5.74) is 2.00. The molecule has 0 radical (unpaired) electrons. The van der Waals surface area contributed by atoms with E-state index in [2.05, 4.69) is 10.3 Å². The molecule has 0 spiro atoms. The molecular weight excluding hydrogens is 320 g/mol. The Morgan fingerprint density at radius 3 is 2.71 bits per heavy atom. The minimum absolute atomic E-state index is 0.0701. The number of nitrogens with one attached hydrogen (secondary N) is 1. The first-order valence-electron chi connectivity index (χ1n) is 8.55. The van der Waals surface area contributed by atoms with E-state index in [0.29, 0.717) is 12.1 Å². The lowest BCUT2D eigenvalue weighted by Crippen LogP contribution is -2.50. The number of thiazole rings is 1. The summed E-state index contributed by atoms with van der Waals surface area (Å²) < 4.78 is 0. The first kappa shape index (κ1) is 15.8. The minimum atomic E-state index is -0.541. The molecule has 0 atom stereocenters. The molecule has 0 unspecified atom stereocenters. The second-order valence-electron chi connectivity index (χ2n) is 7.22. The van der Waals surface area contributed by atoms with E-state index in [1.807, 2.05) is 36.6 Å². The molecule has 0 aliphatic heterocycles. The summed E-state index contributed by atoms with van der Waals surface area (Å²) in [5, 5.41) is 16.6. The molecule has 1 aromatic carbocycles. The first-order valence-corrected chi connectivity index (χ1v) is 9.43. The third kappa shape index (κ3) is 2.66. The van der Waals surface area contributed by atoms with Crippen molar-refractivity contribution in [2.24, 2.45) is 5.41 Å². The summed E-state index contributed by atoms with van der Waals surface area (Å²) in [4.78, 5) is 17.0. The summed E-state index contributed by atoms with van der Waals surface area (Å²) in [6.45, 7) is 2.54. The van der Waals surface area contributed by atoms with E-state index in [4.69, 9.17) is 0 Å². The second kappa shape index (κ2) is 5.67. The van der Waals surface area contributed by atoms with Crippen molar-refractivity contribution in [1.29, 1.82) is 0 Å². The molecule has 24 heavy (non-hydrogen) atoms. The normalized spacial score (nSPS) is 20.2. The van der Waals surface area contributed by atoms with E-state index < -0.39 is 5.60 Å². The number of rotatable bonds is 5. The van der Waals surface area contributed by atoms with Crippen LogP contribution in [0.5, 0.6) is 0 Å². The molecule has 2 N–H and O–H groups in total. The lowest BCUT2D eigenvalue weighted by molar-refractivity contribution is -0.0948. The smallest absolute Gasteiger partial charge is 0.251 e. The number of amides is 1. The van der Waals surface area contributed by atoms with Gasteiger partial charge in [0.2, 0.25) is 0 Å². The number of carbonyl (C=O) groups excluding carboxylic acids is 1. The van der Waals surface area contributed by atoms with Crippen LogP contribution in [0.2, 0.25) is 0 Å². The topological polar surface area (TPSA) is 62.2 Å². The molecule has 1 amide bonds. The Labute approximate surface area is 145 Å². The van der Waals surface area contributed by atoms with Gasteiger partial charge in [0.1, 0.15) is 5.01 Å². The lowest BCUT2D eigenvalue weighted by atomic mass is 9.69. The number of carbonyl (C=O) groups is 1. The van der Waals surface area contributed by atoms with Gasteiger partial charge in [-0.2, -0.15) is 0 Å². The lowest BCUT2D eigenvalue weighted by Gasteiger charge is -2.44. The predicted octanol–water partition coefficient (Wildman–Crippen LogP) is 3.54. The van der Waals surface area contributed by atoms with Crippen LogP contribution in [0, 0.1) is 12.3 Å². The highest BCUT2D eigenvalue weighted by atomic mass is 32.1. The van der Waals surface area contributed by atoms with Crippen molar-refractivity contribution in [3.63, 3.8) is 0 Å². The third-order valence-electron chi connectivity index (χ3n) is 5.60. The molecule has 0 saturated heterocycles. The maximum absolute atomic E-state index is 12.5.